The number of benzene rings is 2. The standard InChI is InChI=1S/C14H19N2/c1-16(2,3)10-12-6-4-5-11-9-13(15)7-8-14(11)12/h4-9H,10,15H2,1-3H3/q+1. The summed E-state index contributed by atoms with van der Waals surface area (Å²) in [7, 11) is 6.61. The lowest BCUT2D eigenvalue weighted by molar-refractivity contribution is -0.883. The van der Waals surface area contributed by atoms with E-state index in [9.17, 15) is 0 Å². The van der Waals surface area contributed by atoms with E-state index < -0.39 is 0 Å². The quantitative estimate of drug-likeness (QED) is 0.605. The molecule has 2 aromatic carbocycles. The predicted octanol–water partition coefficient (Wildman–Crippen LogP) is 2.63. The van der Waals surface area contributed by atoms with Crippen LogP contribution in [-0.2, 0) is 6.54 Å². The smallest absolute Gasteiger partial charge is 0.104 e. The average molecular weight is 215 g/mol. The zero-order valence-corrected chi connectivity index (χ0v) is 10.2. The molecule has 0 spiro atoms. The molecule has 84 valence electrons. The van der Waals surface area contributed by atoms with E-state index in [2.05, 4.69) is 45.4 Å². The van der Waals surface area contributed by atoms with Crippen LogP contribution in [0.15, 0.2) is 36.4 Å². The van der Waals surface area contributed by atoms with Gasteiger partial charge in [-0.1, -0.05) is 24.3 Å². The summed E-state index contributed by atoms with van der Waals surface area (Å²) in [5, 5.41) is 2.54. The Balaban J connectivity index is 2.54. The van der Waals surface area contributed by atoms with E-state index in [0.29, 0.717) is 0 Å². The van der Waals surface area contributed by atoms with Crippen LogP contribution < -0.4 is 5.73 Å². The first-order valence-corrected chi connectivity index (χ1v) is 5.53. The molecule has 16 heavy (non-hydrogen) atoms. The highest BCUT2D eigenvalue weighted by molar-refractivity contribution is 5.88. The summed E-state index contributed by atoms with van der Waals surface area (Å²) >= 11 is 0. The third-order valence-electron chi connectivity index (χ3n) is 2.64. The molecule has 0 aliphatic carbocycles. The van der Waals surface area contributed by atoms with Crippen molar-refractivity contribution in [2.45, 2.75) is 6.54 Å². The Bertz CT molecular complexity index is 510. The van der Waals surface area contributed by atoms with Crippen LogP contribution in [0.2, 0.25) is 0 Å². The number of hydrogen-bond donors (Lipinski definition) is 1. The van der Waals surface area contributed by atoms with Gasteiger partial charge >= 0.3 is 0 Å². The molecule has 0 heterocycles. The second kappa shape index (κ2) is 3.80. The van der Waals surface area contributed by atoms with E-state index in [0.717, 1.165) is 16.7 Å². The number of nitrogens with two attached hydrogens (primary N) is 1. The lowest BCUT2D eigenvalue weighted by atomic mass is 10.0. The number of anilines is 1. The number of quaternary nitrogens is 1. The Morgan fingerprint density at radius 3 is 2.50 bits per heavy atom. The summed E-state index contributed by atoms with van der Waals surface area (Å²) in [6.07, 6.45) is 0. The van der Waals surface area contributed by atoms with Crippen LogP contribution in [0.4, 0.5) is 5.69 Å². The SMILES string of the molecule is C[N+](C)(C)Cc1cccc2cc(N)ccc12. The predicted molar refractivity (Wildman–Crippen MR) is 70.1 cm³/mol. The summed E-state index contributed by atoms with van der Waals surface area (Å²) in [4.78, 5) is 0. The lowest BCUT2D eigenvalue weighted by Crippen LogP contribution is -2.33. The van der Waals surface area contributed by atoms with E-state index in [4.69, 9.17) is 5.73 Å². The second-order valence-electron chi connectivity index (χ2n) is 5.35. The van der Waals surface area contributed by atoms with Gasteiger partial charge in [0.15, 0.2) is 0 Å². The van der Waals surface area contributed by atoms with Crippen LogP contribution in [0, 0.1) is 0 Å². The fourth-order valence-corrected chi connectivity index (χ4v) is 2.02. The van der Waals surface area contributed by atoms with Crippen molar-refractivity contribution in [1.82, 2.24) is 0 Å². The van der Waals surface area contributed by atoms with E-state index >= 15 is 0 Å². The number of hydrogen-bond acceptors (Lipinski definition) is 1. The monoisotopic (exact) mass is 215 g/mol. The maximum absolute atomic E-state index is 5.80. The molecule has 2 nitrogen and oxygen atoms in total. The molecule has 0 radical (unpaired) electrons. The lowest BCUT2D eigenvalue weighted by Gasteiger charge is -2.24. The molecule has 0 saturated heterocycles. The molecule has 2 heteroatoms. The van der Waals surface area contributed by atoms with Crippen molar-refractivity contribution in [3.8, 4) is 0 Å². The van der Waals surface area contributed by atoms with Crippen molar-refractivity contribution in [2.24, 2.45) is 0 Å². The summed E-state index contributed by atoms with van der Waals surface area (Å²) in [5.41, 5.74) is 8.01. The van der Waals surface area contributed by atoms with E-state index in [1.54, 1.807) is 0 Å². The van der Waals surface area contributed by atoms with E-state index in [1.807, 2.05) is 12.1 Å². The molecule has 0 saturated carbocycles. The summed E-state index contributed by atoms with van der Waals surface area (Å²) in [6, 6.07) is 12.5. The Labute approximate surface area is 96.9 Å². The molecule has 2 rings (SSSR count). The largest absolute Gasteiger partial charge is 0.399 e. The van der Waals surface area contributed by atoms with Gasteiger partial charge in [-0.3, -0.25) is 0 Å². The Hall–Kier alpha value is -1.54. The first kappa shape index (κ1) is 11.0. The van der Waals surface area contributed by atoms with Crippen molar-refractivity contribution in [1.29, 1.82) is 0 Å². The van der Waals surface area contributed by atoms with Gasteiger partial charge in [-0.25, -0.2) is 0 Å². The summed E-state index contributed by atoms with van der Waals surface area (Å²) < 4.78 is 0.934. The van der Waals surface area contributed by atoms with Crippen LogP contribution in [-0.4, -0.2) is 25.6 Å². The fraction of sp³-hybridized carbons (Fsp3) is 0.286. The molecule has 0 bridgehead atoms. The van der Waals surface area contributed by atoms with E-state index in [-0.39, 0.29) is 0 Å². The normalized spacial score (nSPS) is 11.9. The van der Waals surface area contributed by atoms with Gasteiger partial charge in [-0.05, 0) is 22.9 Å². The highest BCUT2D eigenvalue weighted by Crippen LogP contribution is 2.23. The highest BCUT2D eigenvalue weighted by atomic mass is 15.3. The van der Waals surface area contributed by atoms with Gasteiger partial charge in [0, 0.05) is 11.3 Å². The second-order valence-corrected chi connectivity index (χ2v) is 5.35. The van der Waals surface area contributed by atoms with Gasteiger partial charge in [0.1, 0.15) is 6.54 Å². The number of nitrogen functional groups attached to an aromatic ring is 1. The molecular weight excluding hydrogens is 196 g/mol. The molecule has 0 atom stereocenters. The molecule has 2 N–H and O–H groups in total. The van der Waals surface area contributed by atoms with Crippen LogP contribution in [0.5, 0.6) is 0 Å². The van der Waals surface area contributed by atoms with Crippen LogP contribution >= 0.6 is 0 Å². The average Bonchev–Trinajstić information content (AvgIpc) is 2.15. The van der Waals surface area contributed by atoms with Gasteiger partial charge < -0.3 is 10.2 Å². The van der Waals surface area contributed by atoms with Crippen molar-refractivity contribution >= 4 is 16.5 Å². The zero-order valence-electron chi connectivity index (χ0n) is 10.2. The fourth-order valence-electron chi connectivity index (χ4n) is 2.02. The first-order chi connectivity index (χ1) is 7.46. The minimum absolute atomic E-state index is 0.829. The highest BCUT2D eigenvalue weighted by Gasteiger charge is 2.10. The Morgan fingerprint density at radius 2 is 1.81 bits per heavy atom. The van der Waals surface area contributed by atoms with Crippen LogP contribution in [0.3, 0.4) is 0 Å². The zero-order chi connectivity index (χ0) is 11.8. The number of rotatable bonds is 2. The summed E-state index contributed by atoms with van der Waals surface area (Å²) in [5.74, 6) is 0. The molecule has 0 aliphatic rings. The van der Waals surface area contributed by atoms with Gasteiger partial charge in [-0.15, -0.1) is 0 Å². The topological polar surface area (TPSA) is 26.0 Å². The van der Waals surface area contributed by atoms with Crippen molar-refractivity contribution in [3.63, 3.8) is 0 Å². The summed E-state index contributed by atoms with van der Waals surface area (Å²) in [6.45, 7) is 1.03. The third kappa shape index (κ3) is 2.34. The molecule has 0 unspecified atom stereocenters. The van der Waals surface area contributed by atoms with E-state index in [1.165, 1.54) is 16.3 Å². The van der Waals surface area contributed by atoms with Crippen LogP contribution in [0.1, 0.15) is 5.56 Å². The maximum atomic E-state index is 5.80. The number of nitrogens with zero attached hydrogens (tertiary/aromatic N) is 1. The van der Waals surface area contributed by atoms with Crippen LogP contribution in [0.25, 0.3) is 10.8 Å². The van der Waals surface area contributed by atoms with Crippen molar-refractivity contribution < 1.29 is 4.48 Å². The van der Waals surface area contributed by atoms with Gasteiger partial charge in [0.05, 0.1) is 21.1 Å². The molecule has 0 amide bonds. The molecule has 0 aromatic heterocycles. The molecule has 0 fully saturated rings. The third-order valence-corrected chi connectivity index (χ3v) is 2.64. The molecule has 2 aromatic rings. The Kier molecular flexibility index (Phi) is 2.60. The first-order valence-electron chi connectivity index (χ1n) is 5.53. The molecule has 0 aliphatic heterocycles. The van der Waals surface area contributed by atoms with Gasteiger partial charge in [-0.2, -0.15) is 0 Å². The Morgan fingerprint density at radius 1 is 1.06 bits per heavy atom. The minimum Gasteiger partial charge on any atom is -0.399 e. The van der Waals surface area contributed by atoms with Gasteiger partial charge in [0.25, 0.3) is 0 Å². The van der Waals surface area contributed by atoms with Crippen molar-refractivity contribution in [2.75, 3.05) is 26.9 Å². The minimum atomic E-state index is 0.829. The number of fused-ring (bicyclic) bond motifs is 1. The maximum Gasteiger partial charge on any atom is 0.104 e. The van der Waals surface area contributed by atoms with Gasteiger partial charge in [0.2, 0.25) is 0 Å². The van der Waals surface area contributed by atoms with Crippen molar-refractivity contribution in [3.05, 3.63) is 42.0 Å². The molecular formula is C14H19N2+.